The number of halogens is 1. The molecule has 0 saturated carbocycles. The molecule has 1 aliphatic rings. The normalized spacial score (nSPS) is 16.5. The zero-order valence-corrected chi connectivity index (χ0v) is 15.1. The molecule has 2 aromatic rings. The van der Waals surface area contributed by atoms with Crippen LogP contribution in [0.5, 0.6) is 0 Å². The van der Waals surface area contributed by atoms with E-state index in [4.69, 9.17) is 5.11 Å². The maximum atomic E-state index is 13.3. The lowest BCUT2D eigenvalue weighted by molar-refractivity contribution is 0.121. The van der Waals surface area contributed by atoms with Crippen LogP contribution in [0.4, 0.5) is 4.39 Å². The molecule has 1 aromatic carbocycles. The van der Waals surface area contributed by atoms with E-state index in [9.17, 15) is 4.39 Å². The highest BCUT2D eigenvalue weighted by molar-refractivity contribution is 5.24. The van der Waals surface area contributed by atoms with Gasteiger partial charge in [-0.15, -0.1) is 0 Å². The number of piperazine rings is 1. The molecule has 0 aliphatic carbocycles. The fourth-order valence-corrected chi connectivity index (χ4v) is 3.50. The maximum absolute atomic E-state index is 13.3. The number of hydrogen-bond acceptors (Lipinski definition) is 4. The van der Waals surface area contributed by atoms with Crippen molar-refractivity contribution in [3.05, 3.63) is 52.6 Å². The van der Waals surface area contributed by atoms with Crippen LogP contribution in [0.1, 0.15) is 22.5 Å². The van der Waals surface area contributed by atoms with E-state index in [2.05, 4.69) is 21.8 Å². The van der Waals surface area contributed by atoms with Crippen molar-refractivity contribution in [3.63, 3.8) is 0 Å². The Morgan fingerprint density at radius 1 is 1.08 bits per heavy atom. The van der Waals surface area contributed by atoms with Gasteiger partial charge >= 0.3 is 0 Å². The first-order valence-corrected chi connectivity index (χ1v) is 8.89. The summed E-state index contributed by atoms with van der Waals surface area (Å²) in [5.41, 5.74) is 4.50. The number of nitrogens with zero attached hydrogens (tertiary/aromatic N) is 4. The van der Waals surface area contributed by atoms with Crippen molar-refractivity contribution in [3.8, 4) is 0 Å². The summed E-state index contributed by atoms with van der Waals surface area (Å²) >= 11 is 0. The molecule has 3 rings (SSSR count). The first kappa shape index (κ1) is 18.0. The Bertz CT molecular complexity index is 707. The summed E-state index contributed by atoms with van der Waals surface area (Å²) in [5.74, 6) is -0.165. The molecule has 0 bridgehead atoms. The molecule has 0 unspecified atom stereocenters. The minimum atomic E-state index is -0.165. The van der Waals surface area contributed by atoms with Crippen LogP contribution in [0.3, 0.4) is 0 Å². The van der Waals surface area contributed by atoms with Crippen LogP contribution >= 0.6 is 0 Å². The smallest absolute Gasteiger partial charge is 0.123 e. The van der Waals surface area contributed by atoms with Gasteiger partial charge < -0.3 is 5.11 Å². The Hall–Kier alpha value is -1.76. The predicted molar refractivity (Wildman–Crippen MR) is 95.7 cm³/mol. The Labute approximate surface area is 148 Å². The van der Waals surface area contributed by atoms with Gasteiger partial charge in [0.15, 0.2) is 0 Å². The highest BCUT2D eigenvalue weighted by Gasteiger charge is 2.20. The third-order valence-electron chi connectivity index (χ3n) is 4.98. The number of benzene rings is 1. The molecule has 1 N–H and O–H groups in total. The molecule has 1 fully saturated rings. The molecule has 25 heavy (non-hydrogen) atoms. The van der Waals surface area contributed by atoms with Crippen LogP contribution in [0, 0.1) is 19.7 Å². The topological polar surface area (TPSA) is 44.5 Å². The minimum absolute atomic E-state index is 0.111. The van der Waals surface area contributed by atoms with Crippen molar-refractivity contribution in [1.29, 1.82) is 0 Å². The van der Waals surface area contributed by atoms with Gasteiger partial charge in [0.2, 0.25) is 0 Å². The predicted octanol–water partition coefficient (Wildman–Crippen LogP) is 1.95. The number of aromatic nitrogens is 2. The molecule has 1 saturated heterocycles. The maximum Gasteiger partial charge on any atom is 0.123 e. The lowest BCUT2D eigenvalue weighted by Crippen LogP contribution is -2.45. The van der Waals surface area contributed by atoms with Crippen LogP contribution in [0.15, 0.2) is 24.3 Å². The lowest BCUT2D eigenvalue weighted by Gasteiger charge is -2.34. The number of aliphatic hydroxyl groups excluding tert-OH is 1. The third kappa shape index (κ3) is 4.45. The first-order chi connectivity index (χ1) is 12.1. The van der Waals surface area contributed by atoms with Crippen LogP contribution < -0.4 is 0 Å². The van der Waals surface area contributed by atoms with E-state index in [1.54, 1.807) is 12.1 Å². The van der Waals surface area contributed by atoms with Crippen molar-refractivity contribution in [2.45, 2.75) is 33.5 Å². The van der Waals surface area contributed by atoms with Gasteiger partial charge in [0, 0.05) is 50.5 Å². The lowest BCUT2D eigenvalue weighted by atomic mass is 10.1. The molecule has 2 heterocycles. The monoisotopic (exact) mass is 346 g/mol. The van der Waals surface area contributed by atoms with E-state index in [0.29, 0.717) is 6.54 Å². The van der Waals surface area contributed by atoms with Crippen LogP contribution in [0.25, 0.3) is 0 Å². The SMILES string of the molecule is Cc1nn(CCO)c(C)c1CN1CCN(Cc2cccc(F)c2)CC1. The second kappa shape index (κ2) is 8.08. The van der Waals surface area contributed by atoms with Gasteiger partial charge in [-0.1, -0.05) is 12.1 Å². The molecule has 0 spiro atoms. The largest absolute Gasteiger partial charge is 0.394 e. The average molecular weight is 346 g/mol. The Morgan fingerprint density at radius 2 is 1.76 bits per heavy atom. The van der Waals surface area contributed by atoms with Gasteiger partial charge in [-0.25, -0.2) is 4.39 Å². The van der Waals surface area contributed by atoms with E-state index in [1.807, 2.05) is 17.7 Å². The zero-order chi connectivity index (χ0) is 17.8. The van der Waals surface area contributed by atoms with Crippen molar-refractivity contribution in [2.75, 3.05) is 32.8 Å². The van der Waals surface area contributed by atoms with Crippen LogP contribution in [0.2, 0.25) is 0 Å². The molecular formula is C19H27FN4O. The summed E-state index contributed by atoms with van der Waals surface area (Å²) in [6, 6.07) is 6.87. The van der Waals surface area contributed by atoms with Crippen molar-refractivity contribution in [2.24, 2.45) is 0 Å². The first-order valence-electron chi connectivity index (χ1n) is 8.89. The molecule has 0 radical (unpaired) electrons. The number of rotatable bonds is 6. The second-order valence-corrected chi connectivity index (χ2v) is 6.78. The van der Waals surface area contributed by atoms with E-state index in [-0.39, 0.29) is 12.4 Å². The molecular weight excluding hydrogens is 319 g/mol. The second-order valence-electron chi connectivity index (χ2n) is 6.78. The van der Waals surface area contributed by atoms with Crippen LogP contribution in [-0.2, 0) is 19.6 Å². The van der Waals surface area contributed by atoms with Gasteiger partial charge in [-0.2, -0.15) is 5.10 Å². The van der Waals surface area contributed by atoms with Gasteiger partial charge in [-0.3, -0.25) is 14.5 Å². The summed E-state index contributed by atoms with van der Waals surface area (Å²) in [7, 11) is 0. The molecule has 1 aromatic heterocycles. The summed E-state index contributed by atoms with van der Waals surface area (Å²) < 4.78 is 15.2. The van der Waals surface area contributed by atoms with Gasteiger partial charge in [0.1, 0.15) is 5.82 Å². The quantitative estimate of drug-likeness (QED) is 0.868. The van der Waals surface area contributed by atoms with Crippen molar-refractivity contribution < 1.29 is 9.50 Å². The molecule has 5 nitrogen and oxygen atoms in total. The third-order valence-corrected chi connectivity index (χ3v) is 4.98. The zero-order valence-electron chi connectivity index (χ0n) is 15.1. The molecule has 0 atom stereocenters. The standard InChI is InChI=1S/C19H27FN4O/c1-15-19(16(2)24(21-15)10-11-25)14-23-8-6-22(7-9-23)13-17-4-3-5-18(20)12-17/h3-5,12,25H,6-11,13-14H2,1-2H3. The highest BCUT2D eigenvalue weighted by Crippen LogP contribution is 2.17. The van der Waals surface area contributed by atoms with Gasteiger partial charge in [0.25, 0.3) is 0 Å². The number of aryl methyl sites for hydroxylation is 1. The van der Waals surface area contributed by atoms with E-state index in [0.717, 1.165) is 56.2 Å². The Morgan fingerprint density at radius 3 is 2.40 bits per heavy atom. The summed E-state index contributed by atoms with van der Waals surface area (Å²) in [6.07, 6.45) is 0. The van der Waals surface area contributed by atoms with E-state index >= 15 is 0 Å². The average Bonchev–Trinajstić information content (AvgIpc) is 2.85. The van der Waals surface area contributed by atoms with E-state index in [1.165, 1.54) is 11.6 Å². The summed E-state index contributed by atoms with van der Waals surface area (Å²) in [4.78, 5) is 4.82. The minimum Gasteiger partial charge on any atom is -0.394 e. The fourth-order valence-electron chi connectivity index (χ4n) is 3.50. The van der Waals surface area contributed by atoms with E-state index < -0.39 is 0 Å². The molecule has 136 valence electrons. The van der Waals surface area contributed by atoms with Gasteiger partial charge in [0.05, 0.1) is 18.8 Å². The fraction of sp³-hybridized carbons (Fsp3) is 0.526. The molecule has 6 heteroatoms. The molecule has 0 amide bonds. The Kier molecular flexibility index (Phi) is 5.83. The summed E-state index contributed by atoms with van der Waals surface area (Å²) in [5, 5.41) is 13.7. The number of aliphatic hydroxyl groups is 1. The van der Waals surface area contributed by atoms with Crippen molar-refractivity contribution >= 4 is 0 Å². The van der Waals surface area contributed by atoms with Crippen LogP contribution in [-0.4, -0.2) is 57.5 Å². The van der Waals surface area contributed by atoms with Gasteiger partial charge in [-0.05, 0) is 31.5 Å². The Balaban J connectivity index is 1.54. The van der Waals surface area contributed by atoms with Crippen molar-refractivity contribution in [1.82, 2.24) is 19.6 Å². The highest BCUT2D eigenvalue weighted by atomic mass is 19.1. The summed E-state index contributed by atoms with van der Waals surface area (Å²) in [6.45, 7) is 10.4. The molecule has 1 aliphatic heterocycles. The number of hydrogen-bond donors (Lipinski definition) is 1.